The van der Waals surface area contributed by atoms with Crippen molar-refractivity contribution in [2.75, 3.05) is 32.4 Å². The quantitative estimate of drug-likeness (QED) is 0.851. The second-order valence-electron chi connectivity index (χ2n) is 5.35. The van der Waals surface area contributed by atoms with Crippen LogP contribution in [0.3, 0.4) is 0 Å². The van der Waals surface area contributed by atoms with Gasteiger partial charge in [-0.25, -0.2) is 8.42 Å². The minimum atomic E-state index is -3.15. The first-order chi connectivity index (χ1) is 9.29. The molecule has 20 heavy (non-hydrogen) atoms. The van der Waals surface area contributed by atoms with E-state index in [9.17, 15) is 13.2 Å². The van der Waals surface area contributed by atoms with E-state index in [4.69, 9.17) is 0 Å². The van der Waals surface area contributed by atoms with Gasteiger partial charge in [0.25, 0.3) is 5.91 Å². The average molecular weight is 316 g/mol. The molecule has 0 N–H and O–H groups in total. The van der Waals surface area contributed by atoms with Crippen LogP contribution in [-0.4, -0.2) is 56.0 Å². The topological polar surface area (TPSA) is 57.7 Å². The second-order valence-corrected chi connectivity index (χ2v) is 8.27. The van der Waals surface area contributed by atoms with E-state index in [1.54, 1.807) is 16.2 Å². The molecule has 2 heterocycles. The van der Waals surface area contributed by atoms with Gasteiger partial charge in [0.15, 0.2) is 0 Å². The van der Waals surface area contributed by atoms with E-state index in [2.05, 4.69) is 13.8 Å². The number of piperazine rings is 1. The first-order valence-corrected chi connectivity index (χ1v) is 9.34. The molecule has 112 valence electrons. The maximum absolute atomic E-state index is 12.4. The lowest BCUT2D eigenvalue weighted by molar-refractivity contribution is 0.0699. The summed E-state index contributed by atoms with van der Waals surface area (Å²) in [6.45, 7) is 5.88. The van der Waals surface area contributed by atoms with Gasteiger partial charge in [-0.2, -0.15) is 4.31 Å². The summed E-state index contributed by atoms with van der Waals surface area (Å²) in [5.74, 6) is 0.421. The van der Waals surface area contributed by atoms with Gasteiger partial charge in [-0.15, -0.1) is 11.3 Å². The minimum absolute atomic E-state index is 0.00120. The number of hydrogen-bond donors (Lipinski definition) is 0. The summed E-state index contributed by atoms with van der Waals surface area (Å²) in [5, 5.41) is 1.89. The highest BCUT2D eigenvalue weighted by Gasteiger charge is 2.27. The van der Waals surface area contributed by atoms with Gasteiger partial charge in [-0.1, -0.05) is 13.8 Å². The van der Waals surface area contributed by atoms with Gasteiger partial charge < -0.3 is 4.90 Å². The van der Waals surface area contributed by atoms with E-state index in [1.165, 1.54) is 15.4 Å². The molecule has 1 aliphatic rings. The molecule has 1 aliphatic heterocycles. The number of thiophene rings is 1. The molecule has 5 nitrogen and oxygen atoms in total. The molecule has 0 aromatic carbocycles. The Hall–Kier alpha value is -0.920. The minimum Gasteiger partial charge on any atom is -0.336 e. The predicted molar refractivity (Wildman–Crippen MR) is 80.7 cm³/mol. The first-order valence-electron chi connectivity index (χ1n) is 6.62. The molecule has 0 radical (unpaired) electrons. The molecule has 0 aliphatic carbocycles. The van der Waals surface area contributed by atoms with Crippen LogP contribution in [0.5, 0.6) is 0 Å². The van der Waals surface area contributed by atoms with Gasteiger partial charge in [0, 0.05) is 36.4 Å². The van der Waals surface area contributed by atoms with Crippen molar-refractivity contribution in [1.29, 1.82) is 0 Å². The van der Waals surface area contributed by atoms with E-state index in [1.807, 2.05) is 11.4 Å². The molecule has 7 heteroatoms. The number of rotatable bonds is 3. The zero-order valence-electron chi connectivity index (χ0n) is 12.0. The van der Waals surface area contributed by atoms with Crippen molar-refractivity contribution in [3.63, 3.8) is 0 Å². The molecular weight excluding hydrogens is 296 g/mol. The molecule has 1 aromatic heterocycles. The number of carbonyl (C=O) groups is 1. The van der Waals surface area contributed by atoms with Crippen LogP contribution >= 0.6 is 11.3 Å². The van der Waals surface area contributed by atoms with Gasteiger partial charge in [0.1, 0.15) is 0 Å². The lowest BCUT2D eigenvalue weighted by atomic mass is 10.1. The van der Waals surface area contributed by atoms with Crippen molar-refractivity contribution in [3.05, 3.63) is 21.9 Å². The number of hydrogen-bond acceptors (Lipinski definition) is 4. The van der Waals surface area contributed by atoms with Crippen molar-refractivity contribution >= 4 is 27.3 Å². The zero-order valence-corrected chi connectivity index (χ0v) is 13.6. The van der Waals surface area contributed by atoms with Crippen molar-refractivity contribution in [2.24, 2.45) is 0 Å². The highest BCUT2D eigenvalue weighted by Crippen LogP contribution is 2.24. The smallest absolute Gasteiger partial charge is 0.254 e. The Labute approximate surface area is 124 Å². The number of amides is 1. The summed E-state index contributed by atoms with van der Waals surface area (Å²) < 4.78 is 24.3. The monoisotopic (exact) mass is 316 g/mol. The maximum Gasteiger partial charge on any atom is 0.254 e. The van der Waals surface area contributed by atoms with Gasteiger partial charge >= 0.3 is 0 Å². The van der Waals surface area contributed by atoms with Gasteiger partial charge in [0.05, 0.1) is 11.8 Å². The Morgan fingerprint density at radius 3 is 2.30 bits per heavy atom. The molecule has 0 spiro atoms. The summed E-state index contributed by atoms with van der Waals surface area (Å²) in [6.07, 6.45) is 1.21. The largest absolute Gasteiger partial charge is 0.336 e. The predicted octanol–water partition coefficient (Wildman–Crippen LogP) is 1.59. The second kappa shape index (κ2) is 5.83. The van der Waals surface area contributed by atoms with Gasteiger partial charge in [-0.05, 0) is 12.0 Å². The van der Waals surface area contributed by atoms with Crippen molar-refractivity contribution in [1.82, 2.24) is 9.21 Å². The molecule has 0 saturated carbocycles. The normalized spacial score (nSPS) is 17.7. The van der Waals surface area contributed by atoms with Crippen molar-refractivity contribution in [2.45, 2.75) is 19.8 Å². The maximum atomic E-state index is 12.4. The van der Waals surface area contributed by atoms with E-state index >= 15 is 0 Å². The Kier molecular flexibility index (Phi) is 4.51. The molecule has 1 saturated heterocycles. The summed E-state index contributed by atoms with van der Waals surface area (Å²) in [4.78, 5) is 15.3. The molecular formula is C13H20N2O3S2. The van der Waals surface area contributed by atoms with Crippen molar-refractivity contribution < 1.29 is 13.2 Å². The van der Waals surface area contributed by atoms with E-state index in [0.717, 1.165) is 0 Å². The van der Waals surface area contributed by atoms with E-state index in [0.29, 0.717) is 37.7 Å². The summed E-state index contributed by atoms with van der Waals surface area (Å²) >= 11 is 1.60. The van der Waals surface area contributed by atoms with Crippen LogP contribution in [0.4, 0.5) is 0 Å². The fourth-order valence-electron chi connectivity index (χ4n) is 2.17. The fraction of sp³-hybridized carbons (Fsp3) is 0.615. The third-order valence-electron chi connectivity index (χ3n) is 3.43. The summed E-state index contributed by atoms with van der Waals surface area (Å²) in [5.41, 5.74) is 0.714. The average Bonchev–Trinajstić information content (AvgIpc) is 2.86. The summed E-state index contributed by atoms with van der Waals surface area (Å²) in [7, 11) is -3.15. The van der Waals surface area contributed by atoms with E-state index < -0.39 is 10.0 Å². The van der Waals surface area contributed by atoms with Crippen LogP contribution in [0, 0.1) is 0 Å². The number of sulfonamides is 1. The highest BCUT2D eigenvalue weighted by molar-refractivity contribution is 7.88. The number of carbonyl (C=O) groups excluding carboxylic acids is 1. The molecule has 0 unspecified atom stereocenters. The molecule has 0 bridgehead atoms. The third-order valence-corrected chi connectivity index (χ3v) is 5.97. The fourth-order valence-corrected chi connectivity index (χ4v) is 3.90. The van der Waals surface area contributed by atoms with Crippen LogP contribution in [0.2, 0.25) is 0 Å². The lowest BCUT2D eigenvalue weighted by Crippen LogP contribution is -2.50. The Morgan fingerprint density at radius 1 is 1.25 bits per heavy atom. The van der Waals surface area contributed by atoms with Crippen LogP contribution in [0.25, 0.3) is 0 Å². The summed E-state index contributed by atoms with van der Waals surface area (Å²) in [6, 6.07) is 1.95. The van der Waals surface area contributed by atoms with Crippen LogP contribution < -0.4 is 0 Å². The van der Waals surface area contributed by atoms with Gasteiger partial charge in [0.2, 0.25) is 10.0 Å². The van der Waals surface area contributed by atoms with E-state index in [-0.39, 0.29) is 5.91 Å². The SMILES string of the molecule is CC(C)c1cc(C(=O)N2CCN(S(C)(=O)=O)CC2)cs1. The van der Waals surface area contributed by atoms with Crippen LogP contribution in [0.15, 0.2) is 11.4 Å². The van der Waals surface area contributed by atoms with Crippen LogP contribution in [-0.2, 0) is 10.0 Å². The van der Waals surface area contributed by atoms with Crippen molar-refractivity contribution in [3.8, 4) is 0 Å². The highest BCUT2D eigenvalue weighted by atomic mass is 32.2. The molecule has 1 aromatic rings. The third kappa shape index (κ3) is 3.39. The lowest BCUT2D eigenvalue weighted by Gasteiger charge is -2.33. The molecule has 2 rings (SSSR count). The Balaban J connectivity index is 2.01. The zero-order chi connectivity index (χ0) is 14.9. The first kappa shape index (κ1) is 15.5. The standard InChI is InChI=1S/C13H20N2O3S2/c1-10(2)12-8-11(9-19-12)13(16)14-4-6-15(7-5-14)20(3,17)18/h8-10H,4-7H2,1-3H3. The molecule has 0 atom stereocenters. The number of nitrogens with zero attached hydrogens (tertiary/aromatic N) is 2. The Morgan fingerprint density at radius 2 is 1.85 bits per heavy atom. The Bertz CT molecular complexity index is 585. The molecule has 1 amide bonds. The van der Waals surface area contributed by atoms with Crippen LogP contribution in [0.1, 0.15) is 35.0 Å². The van der Waals surface area contributed by atoms with Gasteiger partial charge in [-0.3, -0.25) is 4.79 Å². The molecule has 1 fully saturated rings.